The number of hydrogen-bond acceptors (Lipinski definition) is 3. The molecule has 0 fully saturated rings. The van der Waals surface area contributed by atoms with Crippen molar-refractivity contribution >= 4 is 16.9 Å². The zero-order valence-corrected chi connectivity index (χ0v) is 14.2. The van der Waals surface area contributed by atoms with Crippen molar-refractivity contribution in [2.45, 2.75) is 25.8 Å². The Morgan fingerprint density at radius 2 is 1.84 bits per heavy atom. The van der Waals surface area contributed by atoms with Crippen molar-refractivity contribution in [3.05, 3.63) is 66.0 Å². The van der Waals surface area contributed by atoms with E-state index in [2.05, 4.69) is 28.1 Å². The monoisotopic (exact) mass is 337 g/mol. The second kappa shape index (κ2) is 8.44. The van der Waals surface area contributed by atoms with E-state index in [9.17, 15) is 4.79 Å². The van der Waals surface area contributed by atoms with E-state index in [0.29, 0.717) is 25.8 Å². The largest absolute Gasteiger partial charge is 0.396 e. The number of nitrogens with zero attached hydrogens (tertiary/aromatic N) is 2. The van der Waals surface area contributed by atoms with Crippen molar-refractivity contribution in [2.75, 3.05) is 13.2 Å². The lowest BCUT2D eigenvalue weighted by atomic mass is 10.2. The summed E-state index contributed by atoms with van der Waals surface area (Å²) in [5.41, 5.74) is 3.30. The van der Waals surface area contributed by atoms with Crippen LogP contribution in [0, 0.1) is 0 Å². The number of rotatable bonds is 8. The van der Waals surface area contributed by atoms with Gasteiger partial charge >= 0.3 is 0 Å². The van der Waals surface area contributed by atoms with E-state index >= 15 is 0 Å². The van der Waals surface area contributed by atoms with Crippen LogP contribution in [0.25, 0.3) is 11.0 Å². The minimum atomic E-state index is -0.0280. The van der Waals surface area contributed by atoms with Crippen molar-refractivity contribution in [3.8, 4) is 0 Å². The number of amides is 1. The zero-order valence-electron chi connectivity index (χ0n) is 14.2. The summed E-state index contributed by atoms with van der Waals surface area (Å²) >= 11 is 0. The molecule has 0 atom stereocenters. The van der Waals surface area contributed by atoms with Crippen LogP contribution in [0.2, 0.25) is 0 Å². The summed E-state index contributed by atoms with van der Waals surface area (Å²) in [5.74, 6) is 0.937. The molecule has 5 heteroatoms. The standard InChI is InChI=1S/C20H23N3O2/c24-14-6-11-20(25)21-13-12-19-22-17-9-4-5-10-18(17)23(19)15-16-7-2-1-3-8-16/h1-5,7-10,24H,6,11-15H2,(H,21,25). The van der Waals surface area contributed by atoms with Gasteiger partial charge in [0, 0.05) is 32.5 Å². The second-order valence-corrected chi connectivity index (χ2v) is 6.02. The number of aliphatic hydroxyl groups excluding tert-OH is 1. The van der Waals surface area contributed by atoms with Crippen LogP contribution in [0.3, 0.4) is 0 Å². The molecule has 0 bridgehead atoms. The third-order valence-electron chi connectivity index (χ3n) is 4.15. The molecule has 2 N–H and O–H groups in total. The normalized spacial score (nSPS) is 10.9. The number of aromatic nitrogens is 2. The summed E-state index contributed by atoms with van der Waals surface area (Å²) in [6, 6.07) is 18.4. The second-order valence-electron chi connectivity index (χ2n) is 6.02. The first-order valence-corrected chi connectivity index (χ1v) is 8.63. The highest BCUT2D eigenvalue weighted by Gasteiger charge is 2.11. The number of fused-ring (bicyclic) bond motifs is 1. The van der Waals surface area contributed by atoms with Crippen LogP contribution < -0.4 is 5.32 Å². The SMILES string of the molecule is O=C(CCCO)NCCc1nc2ccccc2n1Cc1ccccc1. The molecule has 130 valence electrons. The molecule has 5 nitrogen and oxygen atoms in total. The molecule has 0 unspecified atom stereocenters. The van der Waals surface area contributed by atoms with Gasteiger partial charge in [-0.25, -0.2) is 4.98 Å². The minimum Gasteiger partial charge on any atom is -0.396 e. The lowest BCUT2D eigenvalue weighted by molar-refractivity contribution is -0.121. The summed E-state index contributed by atoms with van der Waals surface area (Å²) < 4.78 is 2.21. The average molecular weight is 337 g/mol. The fourth-order valence-corrected chi connectivity index (χ4v) is 2.90. The van der Waals surface area contributed by atoms with Crippen molar-refractivity contribution in [3.63, 3.8) is 0 Å². The van der Waals surface area contributed by atoms with Crippen LogP contribution in [-0.2, 0) is 17.8 Å². The van der Waals surface area contributed by atoms with Gasteiger partial charge in [0.1, 0.15) is 5.82 Å². The molecule has 3 aromatic rings. The Balaban J connectivity index is 1.75. The molecule has 0 spiro atoms. The van der Waals surface area contributed by atoms with Gasteiger partial charge in [-0.15, -0.1) is 0 Å². The maximum absolute atomic E-state index is 11.7. The van der Waals surface area contributed by atoms with Crippen molar-refractivity contribution < 1.29 is 9.90 Å². The predicted octanol–water partition coefficient (Wildman–Crippen LogP) is 2.52. The topological polar surface area (TPSA) is 67.2 Å². The minimum absolute atomic E-state index is 0.0280. The van der Waals surface area contributed by atoms with Crippen LogP contribution in [0.1, 0.15) is 24.2 Å². The number of imidazole rings is 1. The maximum Gasteiger partial charge on any atom is 0.220 e. The van der Waals surface area contributed by atoms with Crippen molar-refractivity contribution in [1.29, 1.82) is 0 Å². The molecule has 0 aliphatic heterocycles. The molecule has 3 rings (SSSR count). The molecule has 2 aromatic carbocycles. The number of hydrogen-bond donors (Lipinski definition) is 2. The van der Waals surface area contributed by atoms with Gasteiger partial charge in [0.25, 0.3) is 0 Å². The first-order chi connectivity index (χ1) is 12.3. The van der Waals surface area contributed by atoms with Gasteiger partial charge in [-0.1, -0.05) is 42.5 Å². The fraction of sp³-hybridized carbons (Fsp3) is 0.300. The van der Waals surface area contributed by atoms with E-state index in [0.717, 1.165) is 23.4 Å². The Hall–Kier alpha value is -2.66. The molecule has 0 saturated heterocycles. The number of aliphatic hydroxyl groups is 1. The maximum atomic E-state index is 11.7. The predicted molar refractivity (Wildman–Crippen MR) is 98.3 cm³/mol. The highest BCUT2D eigenvalue weighted by atomic mass is 16.3. The summed E-state index contributed by atoms with van der Waals surface area (Å²) in [4.78, 5) is 16.4. The Bertz CT molecular complexity index is 827. The highest BCUT2D eigenvalue weighted by Crippen LogP contribution is 2.18. The van der Waals surface area contributed by atoms with Gasteiger partial charge in [0.15, 0.2) is 0 Å². The molecule has 1 heterocycles. The summed E-state index contributed by atoms with van der Waals surface area (Å²) in [6.07, 6.45) is 1.53. The summed E-state index contributed by atoms with van der Waals surface area (Å²) in [7, 11) is 0. The van der Waals surface area contributed by atoms with Gasteiger partial charge in [0.2, 0.25) is 5.91 Å². The lowest BCUT2D eigenvalue weighted by Gasteiger charge is -2.10. The number of nitrogens with one attached hydrogen (secondary N) is 1. The highest BCUT2D eigenvalue weighted by molar-refractivity contribution is 5.76. The van der Waals surface area contributed by atoms with Crippen molar-refractivity contribution in [1.82, 2.24) is 14.9 Å². The number of benzene rings is 2. The summed E-state index contributed by atoms with van der Waals surface area (Å²) in [6.45, 7) is 1.35. The van der Waals surface area contributed by atoms with E-state index in [4.69, 9.17) is 10.1 Å². The van der Waals surface area contributed by atoms with Crippen LogP contribution in [0.15, 0.2) is 54.6 Å². The van der Waals surface area contributed by atoms with E-state index in [1.54, 1.807) is 0 Å². The number of carbonyl (C=O) groups excluding carboxylic acids is 1. The van der Waals surface area contributed by atoms with Gasteiger partial charge in [-0.2, -0.15) is 0 Å². The molecule has 0 saturated carbocycles. The smallest absolute Gasteiger partial charge is 0.220 e. The Labute approximate surface area is 147 Å². The first-order valence-electron chi connectivity index (χ1n) is 8.63. The quantitative estimate of drug-likeness (QED) is 0.664. The Morgan fingerprint density at radius 3 is 2.64 bits per heavy atom. The van der Waals surface area contributed by atoms with Crippen LogP contribution in [0.5, 0.6) is 0 Å². The van der Waals surface area contributed by atoms with E-state index in [1.165, 1.54) is 5.56 Å². The van der Waals surface area contributed by atoms with Crippen LogP contribution in [-0.4, -0.2) is 33.7 Å². The zero-order chi connectivity index (χ0) is 17.5. The fourth-order valence-electron chi connectivity index (χ4n) is 2.90. The van der Waals surface area contributed by atoms with E-state index in [-0.39, 0.29) is 12.5 Å². The Kier molecular flexibility index (Phi) is 5.80. The van der Waals surface area contributed by atoms with Gasteiger partial charge in [0.05, 0.1) is 11.0 Å². The van der Waals surface area contributed by atoms with Crippen LogP contribution >= 0.6 is 0 Å². The molecule has 0 radical (unpaired) electrons. The molecular formula is C20H23N3O2. The van der Waals surface area contributed by atoms with E-state index in [1.807, 2.05) is 36.4 Å². The average Bonchev–Trinajstić information content (AvgIpc) is 2.98. The lowest BCUT2D eigenvalue weighted by Crippen LogP contribution is -2.26. The number of para-hydroxylation sites is 2. The third kappa shape index (κ3) is 4.45. The number of carbonyl (C=O) groups is 1. The van der Waals surface area contributed by atoms with E-state index < -0.39 is 0 Å². The molecule has 1 amide bonds. The molecule has 0 aliphatic rings. The molecule has 1 aromatic heterocycles. The molecule has 25 heavy (non-hydrogen) atoms. The van der Waals surface area contributed by atoms with Crippen molar-refractivity contribution in [2.24, 2.45) is 0 Å². The van der Waals surface area contributed by atoms with Gasteiger partial charge in [-0.3, -0.25) is 4.79 Å². The van der Waals surface area contributed by atoms with Crippen LogP contribution in [0.4, 0.5) is 0 Å². The van der Waals surface area contributed by atoms with Gasteiger partial charge < -0.3 is 15.0 Å². The third-order valence-corrected chi connectivity index (χ3v) is 4.15. The Morgan fingerprint density at radius 1 is 1.08 bits per heavy atom. The molecule has 0 aliphatic carbocycles. The molecular weight excluding hydrogens is 314 g/mol. The summed E-state index contributed by atoms with van der Waals surface area (Å²) in [5, 5.41) is 11.7. The first kappa shape index (κ1) is 17.2. The van der Waals surface area contributed by atoms with Gasteiger partial charge in [-0.05, 0) is 24.1 Å².